The number of hydrogen-bond acceptors (Lipinski definition) is 7. The Balaban J connectivity index is 1.43. The van der Waals surface area contributed by atoms with Gasteiger partial charge in [-0.2, -0.15) is 0 Å². The average molecular weight is 379 g/mol. The second kappa shape index (κ2) is 7.51. The normalized spacial score (nSPS) is 13.1. The SMILES string of the molecule is O=C(OCc1cc(-c2ccccc2)on1)c1ccc(NC2CC2)c([N+](=O)[O-])c1. The molecule has 142 valence electrons. The molecule has 0 unspecified atom stereocenters. The molecule has 0 spiro atoms. The number of benzene rings is 2. The number of carbonyl (C=O) groups excluding carboxylic acids is 1. The van der Waals surface area contributed by atoms with Crippen molar-refractivity contribution >= 4 is 17.3 Å². The zero-order chi connectivity index (χ0) is 19.5. The highest BCUT2D eigenvalue weighted by Gasteiger charge is 2.26. The van der Waals surface area contributed by atoms with E-state index in [1.54, 1.807) is 6.07 Å². The Morgan fingerprint density at radius 1 is 1.21 bits per heavy atom. The second-order valence-electron chi connectivity index (χ2n) is 6.53. The highest BCUT2D eigenvalue weighted by Crippen LogP contribution is 2.31. The van der Waals surface area contributed by atoms with Gasteiger partial charge in [0.05, 0.1) is 10.5 Å². The van der Waals surface area contributed by atoms with E-state index in [-0.39, 0.29) is 23.9 Å². The van der Waals surface area contributed by atoms with Crippen molar-refractivity contribution in [3.8, 4) is 11.3 Å². The van der Waals surface area contributed by atoms with Crippen molar-refractivity contribution < 1.29 is 19.0 Å². The third-order valence-corrected chi connectivity index (χ3v) is 4.34. The number of nitro benzene ring substituents is 1. The van der Waals surface area contributed by atoms with Crippen LogP contribution in [-0.4, -0.2) is 22.1 Å². The van der Waals surface area contributed by atoms with Crippen LogP contribution in [0.5, 0.6) is 0 Å². The molecule has 0 atom stereocenters. The number of ether oxygens (including phenoxy) is 1. The van der Waals surface area contributed by atoms with Crippen LogP contribution in [0.2, 0.25) is 0 Å². The molecule has 0 radical (unpaired) electrons. The molecule has 2 aromatic carbocycles. The van der Waals surface area contributed by atoms with Gasteiger partial charge >= 0.3 is 5.97 Å². The van der Waals surface area contributed by atoms with Crippen LogP contribution < -0.4 is 5.32 Å². The molecule has 1 aliphatic rings. The zero-order valence-corrected chi connectivity index (χ0v) is 14.8. The summed E-state index contributed by atoms with van der Waals surface area (Å²) in [6, 6.07) is 15.7. The number of esters is 1. The van der Waals surface area contributed by atoms with Gasteiger partial charge in [0.25, 0.3) is 5.69 Å². The summed E-state index contributed by atoms with van der Waals surface area (Å²) in [6.07, 6.45) is 1.98. The standard InChI is InChI=1S/C20H17N3O5/c24-20(14-6-9-17(21-15-7-8-15)18(10-14)23(25)26)27-12-16-11-19(28-22-16)13-4-2-1-3-5-13/h1-6,9-11,15,21H,7-8,12H2. The topological polar surface area (TPSA) is 108 Å². The van der Waals surface area contributed by atoms with Crippen LogP contribution in [0.25, 0.3) is 11.3 Å². The van der Waals surface area contributed by atoms with E-state index in [4.69, 9.17) is 9.26 Å². The predicted octanol–water partition coefficient (Wildman–Crippen LogP) is 4.18. The molecule has 4 rings (SSSR count). The number of hydrogen-bond donors (Lipinski definition) is 1. The Bertz CT molecular complexity index is 1010. The molecule has 28 heavy (non-hydrogen) atoms. The molecule has 0 amide bonds. The maximum atomic E-state index is 12.3. The average Bonchev–Trinajstić information content (AvgIpc) is 3.40. The van der Waals surface area contributed by atoms with Gasteiger partial charge in [-0.15, -0.1) is 0 Å². The van der Waals surface area contributed by atoms with Crippen molar-refractivity contribution in [2.45, 2.75) is 25.5 Å². The summed E-state index contributed by atoms with van der Waals surface area (Å²) in [4.78, 5) is 23.1. The Morgan fingerprint density at radius 3 is 2.71 bits per heavy atom. The van der Waals surface area contributed by atoms with Gasteiger partial charge in [0.15, 0.2) is 5.76 Å². The van der Waals surface area contributed by atoms with Crippen molar-refractivity contribution in [3.63, 3.8) is 0 Å². The third kappa shape index (κ3) is 4.01. The van der Waals surface area contributed by atoms with E-state index >= 15 is 0 Å². The number of anilines is 1. The van der Waals surface area contributed by atoms with Crippen LogP contribution in [0.15, 0.2) is 59.1 Å². The quantitative estimate of drug-likeness (QED) is 0.373. The second-order valence-corrected chi connectivity index (χ2v) is 6.53. The Labute approximate surface area is 160 Å². The fourth-order valence-corrected chi connectivity index (χ4v) is 2.72. The lowest BCUT2D eigenvalue weighted by Gasteiger charge is -2.07. The first kappa shape index (κ1) is 17.7. The summed E-state index contributed by atoms with van der Waals surface area (Å²) in [5.41, 5.74) is 1.69. The number of rotatable bonds is 7. The van der Waals surface area contributed by atoms with Crippen molar-refractivity contribution in [2.75, 3.05) is 5.32 Å². The molecule has 0 bridgehead atoms. The van der Waals surface area contributed by atoms with Crippen LogP contribution in [0, 0.1) is 10.1 Å². The molecule has 1 aromatic heterocycles. The van der Waals surface area contributed by atoms with E-state index in [9.17, 15) is 14.9 Å². The molecule has 1 saturated carbocycles. The Kier molecular flexibility index (Phi) is 4.76. The smallest absolute Gasteiger partial charge is 0.338 e. The van der Waals surface area contributed by atoms with Crippen LogP contribution in [0.4, 0.5) is 11.4 Å². The molecule has 1 heterocycles. The van der Waals surface area contributed by atoms with Crippen molar-refractivity contribution in [2.24, 2.45) is 0 Å². The van der Waals surface area contributed by atoms with Gasteiger partial charge in [0.1, 0.15) is 18.0 Å². The highest BCUT2D eigenvalue weighted by molar-refractivity contribution is 5.91. The van der Waals surface area contributed by atoms with Crippen molar-refractivity contribution in [1.29, 1.82) is 0 Å². The molecule has 0 aliphatic heterocycles. The summed E-state index contributed by atoms with van der Waals surface area (Å²) in [7, 11) is 0. The molecule has 1 fully saturated rings. The number of nitrogens with one attached hydrogen (secondary N) is 1. The van der Waals surface area contributed by atoms with Gasteiger partial charge < -0.3 is 14.6 Å². The van der Waals surface area contributed by atoms with E-state index in [2.05, 4.69) is 10.5 Å². The summed E-state index contributed by atoms with van der Waals surface area (Å²) in [5.74, 6) is -0.0943. The zero-order valence-electron chi connectivity index (χ0n) is 14.8. The van der Waals surface area contributed by atoms with E-state index in [0.29, 0.717) is 17.1 Å². The fourth-order valence-electron chi connectivity index (χ4n) is 2.72. The maximum Gasteiger partial charge on any atom is 0.338 e. The molecule has 8 heteroatoms. The first-order valence-electron chi connectivity index (χ1n) is 8.83. The van der Waals surface area contributed by atoms with Crippen LogP contribution in [-0.2, 0) is 11.3 Å². The van der Waals surface area contributed by atoms with E-state index in [1.807, 2.05) is 30.3 Å². The lowest BCUT2D eigenvalue weighted by Crippen LogP contribution is -2.08. The van der Waals surface area contributed by atoms with Crippen LogP contribution in [0.3, 0.4) is 0 Å². The minimum Gasteiger partial charge on any atom is -0.455 e. The molecule has 1 N–H and O–H groups in total. The fraction of sp³-hybridized carbons (Fsp3) is 0.200. The minimum atomic E-state index is -0.662. The molecular weight excluding hydrogens is 362 g/mol. The van der Waals surface area contributed by atoms with E-state index < -0.39 is 10.9 Å². The number of carbonyl (C=O) groups is 1. The van der Waals surface area contributed by atoms with Gasteiger partial charge in [0, 0.05) is 23.7 Å². The molecule has 0 saturated heterocycles. The molecule has 3 aromatic rings. The third-order valence-electron chi connectivity index (χ3n) is 4.34. The minimum absolute atomic E-state index is 0.0922. The Morgan fingerprint density at radius 2 is 2.00 bits per heavy atom. The Hall–Kier alpha value is -3.68. The van der Waals surface area contributed by atoms with Crippen LogP contribution in [0.1, 0.15) is 28.9 Å². The van der Waals surface area contributed by atoms with Gasteiger partial charge in [-0.3, -0.25) is 10.1 Å². The van der Waals surface area contributed by atoms with Gasteiger partial charge in [0.2, 0.25) is 0 Å². The number of nitro groups is 1. The van der Waals surface area contributed by atoms with Crippen LogP contribution >= 0.6 is 0 Å². The summed E-state index contributed by atoms with van der Waals surface area (Å²) < 4.78 is 10.5. The molecular formula is C20H17N3O5. The summed E-state index contributed by atoms with van der Waals surface area (Å²) >= 11 is 0. The highest BCUT2D eigenvalue weighted by atomic mass is 16.6. The predicted molar refractivity (Wildman–Crippen MR) is 101 cm³/mol. The number of aromatic nitrogens is 1. The number of nitrogens with zero attached hydrogens (tertiary/aromatic N) is 2. The van der Waals surface area contributed by atoms with Crippen molar-refractivity contribution in [3.05, 3.63) is 76.0 Å². The lowest BCUT2D eigenvalue weighted by atomic mass is 10.1. The maximum absolute atomic E-state index is 12.3. The summed E-state index contributed by atoms with van der Waals surface area (Å²) in [6.45, 7) is -0.0922. The van der Waals surface area contributed by atoms with Gasteiger partial charge in [-0.1, -0.05) is 35.5 Å². The van der Waals surface area contributed by atoms with E-state index in [1.165, 1.54) is 18.2 Å². The lowest BCUT2D eigenvalue weighted by molar-refractivity contribution is -0.384. The largest absolute Gasteiger partial charge is 0.455 e. The van der Waals surface area contributed by atoms with E-state index in [0.717, 1.165) is 18.4 Å². The van der Waals surface area contributed by atoms with Crippen molar-refractivity contribution in [1.82, 2.24) is 5.16 Å². The monoisotopic (exact) mass is 379 g/mol. The first-order chi connectivity index (χ1) is 13.6. The molecule has 8 nitrogen and oxygen atoms in total. The summed E-state index contributed by atoms with van der Waals surface area (Å²) in [5, 5.41) is 18.3. The molecule has 1 aliphatic carbocycles. The van der Waals surface area contributed by atoms with Gasteiger partial charge in [-0.25, -0.2) is 4.79 Å². The first-order valence-corrected chi connectivity index (χ1v) is 8.83. The van der Waals surface area contributed by atoms with Gasteiger partial charge in [-0.05, 0) is 25.0 Å².